The number of nitrogens with zero attached hydrogens (tertiary/aromatic N) is 5. The monoisotopic (exact) mass is 274 g/mol. The Balaban J connectivity index is 1.94. The van der Waals surface area contributed by atoms with E-state index in [2.05, 4.69) is 25.3 Å². The maximum absolute atomic E-state index is 11.1. The van der Waals surface area contributed by atoms with Crippen molar-refractivity contribution in [2.75, 3.05) is 18.0 Å². The Labute approximate surface area is 117 Å². The number of aromatic nitrogens is 4. The van der Waals surface area contributed by atoms with Crippen LogP contribution in [-0.2, 0) is 11.8 Å². The Hall–Kier alpha value is -2.18. The molecule has 0 bridgehead atoms. The number of aryl methyl sites for hydroxylation is 2. The van der Waals surface area contributed by atoms with Gasteiger partial charge in [0.15, 0.2) is 5.65 Å². The molecule has 3 rings (SSSR count). The van der Waals surface area contributed by atoms with Gasteiger partial charge in [-0.15, -0.1) is 0 Å². The van der Waals surface area contributed by atoms with Crippen LogP contribution in [0.2, 0.25) is 0 Å². The summed E-state index contributed by atoms with van der Waals surface area (Å²) >= 11 is 0. The highest BCUT2D eigenvalue weighted by Crippen LogP contribution is 2.28. The normalized spacial score (nSPS) is 18.8. The molecule has 2 aromatic heterocycles. The van der Waals surface area contributed by atoms with E-state index >= 15 is 0 Å². The van der Waals surface area contributed by atoms with Crippen molar-refractivity contribution in [3.8, 4) is 0 Å². The van der Waals surface area contributed by atoms with Gasteiger partial charge in [0.05, 0.1) is 11.1 Å². The first-order valence-corrected chi connectivity index (χ1v) is 6.72. The first-order chi connectivity index (χ1) is 9.56. The standard InChI is InChI=1S/C13H18N6O/c1-8-11-12(18(3)17-8)14-7-15-13(11)19-5-4-10(6-19)16-9(2)20/h7,10H,4-6H2,1-3H3,(H,16,20)/t10-/m0/s1. The highest BCUT2D eigenvalue weighted by Gasteiger charge is 2.26. The smallest absolute Gasteiger partial charge is 0.217 e. The second-order valence-electron chi connectivity index (χ2n) is 5.24. The average molecular weight is 274 g/mol. The molecule has 20 heavy (non-hydrogen) atoms. The van der Waals surface area contributed by atoms with Gasteiger partial charge in [-0.05, 0) is 13.3 Å². The Morgan fingerprint density at radius 1 is 1.45 bits per heavy atom. The molecule has 1 aliphatic heterocycles. The number of carbonyl (C=O) groups is 1. The van der Waals surface area contributed by atoms with Gasteiger partial charge in [0.1, 0.15) is 12.1 Å². The van der Waals surface area contributed by atoms with Crippen molar-refractivity contribution in [2.45, 2.75) is 26.3 Å². The zero-order valence-electron chi connectivity index (χ0n) is 11.9. The summed E-state index contributed by atoms with van der Waals surface area (Å²) in [7, 11) is 1.89. The summed E-state index contributed by atoms with van der Waals surface area (Å²) in [4.78, 5) is 22.1. The molecule has 1 N–H and O–H groups in total. The molecule has 0 spiro atoms. The van der Waals surface area contributed by atoms with Crippen molar-refractivity contribution in [1.29, 1.82) is 0 Å². The topological polar surface area (TPSA) is 75.9 Å². The summed E-state index contributed by atoms with van der Waals surface area (Å²) in [5.41, 5.74) is 1.77. The lowest BCUT2D eigenvalue weighted by Gasteiger charge is -2.18. The SMILES string of the molecule is CC(=O)N[C@H]1CCN(c2ncnc3c2c(C)nn3C)C1. The highest BCUT2D eigenvalue weighted by atomic mass is 16.1. The van der Waals surface area contributed by atoms with Gasteiger partial charge in [0.25, 0.3) is 0 Å². The van der Waals surface area contributed by atoms with Gasteiger partial charge < -0.3 is 10.2 Å². The van der Waals surface area contributed by atoms with Crippen LogP contribution in [0.5, 0.6) is 0 Å². The maximum Gasteiger partial charge on any atom is 0.217 e. The van der Waals surface area contributed by atoms with Crippen molar-refractivity contribution in [3.05, 3.63) is 12.0 Å². The van der Waals surface area contributed by atoms with Crippen LogP contribution in [0.25, 0.3) is 11.0 Å². The fourth-order valence-corrected chi connectivity index (χ4v) is 2.86. The van der Waals surface area contributed by atoms with Gasteiger partial charge in [-0.3, -0.25) is 9.48 Å². The summed E-state index contributed by atoms with van der Waals surface area (Å²) < 4.78 is 1.78. The summed E-state index contributed by atoms with van der Waals surface area (Å²) in [6.45, 7) is 5.18. The number of hydrogen-bond acceptors (Lipinski definition) is 5. The highest BCUT2D eigenvalue weighted by molar-refractivity contribution is 5.89. The second kappa shape index (κ2) is 4.73. The molecule has 1 amide bonds. The van der Waals surface area contributed by atoms with E-state index in [1.54, 1.807) is 17.9 Å². The molecule has 1 aliphatic rings. The average Bonchev–Trinajstić information content (AvgIpc) is 2.95. The summed E-state index contributed by atoms with van der Waals surface area (Å²) in [6.07, 6.45) is 2.51. The molecule has 0 unspecified atom stereocenters. The van der Waals surface area contributed by atoms with E-state index in [9.17, 15) is 4.79 Å². The number of amides is 1. The lowest BCUT2D eigenvalue weighted by atomic mass is 10.2. The summed E-state index contributed by atoms with van der Waals surface area (Å²) in [5.74, 6) is 0.927. The van der Waals surface area contributed by atoms with E-state index < -0.39 is 0 Å². The fourth-order valence-electron chi connectivity index (χ4n) is 2.86. The van der Waals surface area contributed by atoms with Crippen LogP contribution < -0.4 is 10.2 Å². The first-order valence-electron chi connectivity index (χ1n) is 6.72. The molecule has 3 heterocycles. The van der Waals surface area contributed by atoms with Gasteiger partial charge in [-0.1, -0.05) is 0 Å². The molecule has 1 atom stereocenters. The maximum atomic E-state index is 11.1. The molecule has 0 saturated carbocycles. The molecule has 106 valence electrons. The van der Waals surface area contributed by atoms with Gasteiger partial charge in [-0.25, -0.2) is 9.97 Å². The molecule has 7 nitrogen and oxygen atoms in total. The van der Waals surface area contributed by atoms with Crippen LogP contribution in [0.1, 0.15) is 19.0 Å². The fraction of sp³-hybridized carbons (Fsp3) is 0.538. The van der Waals surface area contributed by atoms with E-state index in [0.29, 0.717) is 0 Å². The van der Waals surface area contributed by atoms with Gasteiger partial charge >= 0.3 is 0 Å². The van der Waals surface area contributed by atoms with Crippen LogP contribution in [0.4, 0.5) is 5.82 Å². The van der Waals surface area contributed by atoms with Gasteiger partial charge in [-0.2, -0.15) is 5.10 Å². The van der Waals surface area contributed by atoms with E-state index in [4.69, 9.17) is 0 Å². The summed E-state index contributed by atoms with van der Waals surface area (Å²) in [6, 6.07) is 0.189. The van der Waals surface area contributed by atoms with Crippen molar-refractivity contribution in [3.63, 3.8) is 0 Å². The Morgan fingerprint density at radius 2 is 2.25 bits per heavy atom. The lowest BCUT2D eigenvalue weighted by Crippen LogP contribution is -2.35. The zero-order chi connectivity index (χ0) is 14.3. The molecular formula is C13H18N6O. The van der Waals surface area contributed by atoms with E-state index in [1.165, 1.54) is 0 Å². The molecule has 0 aromatic carbocycles. The van der Waals surface area contributed by atoms with E-state index in [1.807, 2.05) is 14.0 Å². The van der Waals surface area contributed by atoms with Gasteiger partial charge in [0.2, 0.25) is 5.91 Å². The van der Waals surface area contributed by atoms with Crippen molar-refractivity contribution in [1.82, 2.24) is 25.1 Å². The molecule has 0 radical (unpaired) electrons. The zero-order valence-corrected chi connectivity index (χ0v) is 11.9. The molecule has 0 aliphatic carbocycles. The predicted octanol–water partition coefficient (Wildman–Crippen LogP) is 0.387. The third-order valence-electron chi connectivity index (χ3n) is 3.67. The number of hydrogen-bond donors (Lipinski definition) is 1. The van der Waals surface area contributed by atoms with Crippen molar-refractivity contribution < 1.29 is 4.79 Å². The lowest BCUT2D eigenvalue weighted by molar-refractivity contribution is -0.119. The minimum absolute atomic E-state index is 0.0160. The minimum Gasteiger partial charge on any atom is -0.354 e. The third-order valence-corrected chi connectivity index (χ3v) is 3.67. The first kappa shape index (κ1) is 12.8. The predicted molar refractivity (Wildman–Crippen MR) is 75.5 cm³/mol. The van der Waals surface area contributed by atoms with E-state index in [0.717, 1.165) is 42.1 Å². The molecule has 1 saturated heterocycles. The van der Waals surface area contributed by atoms with Crippen LogP contribution >= 0.6 is 0 Å². The third kappa shape index (κ3) is 2.09. The van der Waals surface area contributed by atoms with Crippen LogP contribution in [0.15, 0.2) is 6.33 Å². The Morgan fingerprint density at radius 3 is 3.00 bits per heavy atom. The van der Waals surface area contributed by atoms with Crippen molar-refractivity contribution in [2.24, 2.45) is 7.05 Å². The molecule has 1 fully saturated rings. The minimum atomic E-state index is 0.0160. The van der Waals surface area contributed by atoms with Crippen LogP contribution in [0.3, 0.4) is 0 Å². The summed E-state index contributed by atoms with van der Waals surface area (Å²) in [5, 5.41) is 8.37. The van der Waals surface area contributed by atoms with Crippen LogP contribution in [0, 0.1) is 6.92 Å². The number of fused-ring (bicyclic) bond motifs is 1. The quantitative estimate of drug-likeness (QED) is 0.857. The van der Waals surface area contributed by atoms with Gasteiger partial charge in [0, 0.05) is 33.1 Å². The van der Waals surface area contributed by atoms with Crippen molar-refractivity contribution >= 4 is 22.8 Å². The number of rotatable bonds is 2. The number of anilines is 1. The Kier molecular flexibility index (Phi) is 3.04. The molecule has 7 heteroatoms. The largest absolute Gasteiger partial charge is 0.354 e. The second-order valence-corrected chi connectivity index (χ2v) is 5.24. The van der Waals surface area contributed by atoms with E-state index in [-0.39, 0.29) is 11.9 Å². The molecular weight excluding hydrogens is 256 g/mol. The number of carbonyl (C=O) groups excluding carboxylic acids is 1. The Bertz CT molecular complexity index is 664. The van der Waals surface area contributed by atoms with Crippen LogP contribution in [-0.4, -0.2) is 44.8 Å². The molecule has 2 aromatic rings. The number of nitrogens with one attached hydrogen (secondary N) is 1.